The molecule has 5 heteroatoms. The molecule has 0 saturated heterocycles. The quantitative estimate of drug-likeness (QED) is 0.426. The zero-order valence-corrected chi connectivity index (χ0v) is 17.4. The van der Waals surface area contributed by atoms with Crippen molar-refractivity contribution < 1.29 is 18.7 Å². The topological polar surface area (TPSA) is 43.4 Å². The molecular formula is C23H26ClFO3. The fourth-order valence-corrected chi connectivity index (χ4v) is 3.09. The van der Waals surface area contributed by atoms with Crippen LogP contribution in [0.2, 0.25) is 5.02 Å². The standard InChI is InChI=1S/C23H26ClFO3/c1-5-28-22(27)20(25)14-19(15-8-12-18(24)13-9-15)21(26)16-6-10-17(11-7-16)23(2,3)4/h6-13,19-20H,5,14H2,1-4H3. The monoisotopic (exact) mass is 404 g/mol. The Bertz CT molecular complexity index is 807. The van der Waals surface area contributed by atoms with Crippen molar-refractivity contribution >= 4 is 23.4 Å². The molecule has 0 saturated carbocycles. The van der Waals surface area contributed by atoms with Gasteiger partial charge in [-0.3, -0.25) is 4.79 Å². The summed E-state index contributed by atoms with van der Waals surface area (Å²) in [7, 11) is 0. The third kappa shape index (κ3) is 5.65. The Morgan fingerprint density at radius 2 is 1.61 bits per heavy atom. The van der Waals surface area contributed by atoms with Crippen LogP contribution < -0.4 is 0 Å². The molecule has 0 amide bonds. The lowest BCUT2D eigenvalue weighted by Gasteiger charge is -2.21. The van der Waals surface area contributed by atoms with Gasteiger partial charge in [0.05, 0.1) is 12.5 Å². The van der Waals surface area contributed by atoms with Crippen molar-refractivity contribution in [3.05, 3.63) is 70.2 Å². The summed E-state index contributed by atoms with van der Waals surface area (Å²) in [6.45, 7) is 7.98. The third-order valence-electron chi connectivity index (χ3n) is 4.61. The van der Waals surface area contributed by atoms with Crippen LogP contribution in [0.1, 0.15) is 61.5 Å². The molecule has 0 aliphatic rings. The normalized spacial score (nSPS) is 13.6. The van der Waals surface area contributed by atoms with Gasteiger partial charge in [0.1, 0.15) is 0 Å². The minimum atomic E-state index is -1.88. The Morgan fingerprint density at radius 3 is 2.11 bits per heavy atom. The number of carbonyl (C=O) groups excluding carboxylic acids is 2. The van der Waals surface area contributed by atoms with E-state index in [9.17, 15) is 14.0 Å². The van der Waals surface area contributed by atoms with Crippen molar-refractivity contribution in [2.45, 2.75) is 51.6 Å². The summed E-state index contributed by atoms with van der Waals surface area (Å²) in [5.41, 5.74) is 2.15. The maximum Gasteiger partial charge on any atom is 0.340 e. The third-order valence-corrected chi connectivity index (χ3v) is 4.86. The first-order valence-corrected chi connectivity index (χ1v) is 9.72. The van der Waals surface area contributed by atoms with Gasteiger partial charge in [0.25, 0.3) is 0 Å². The van der Waals surface area contributed by atoms with E-state index in [0.717, 1.165) is 5.56 Å². The molecule has 0 N–H and O–H groups in total. The molecule has 0 radical (unpaired) electrons. The first-order chi connectivity index (χ1) is 13.1. The highest BCUT2D eigenvalue weighted by molar-refractivity contribution is 6.30. The highest BCUT2D eigenvalue weighted by atomic mass is 35.5. The van der Waals surface area contributed by atoms with Crippen LogP contribution in [0.25, 0.3) is 0 Å². The lowest BCUT2D eigenvalue weighted by atomic mass is 9.83. The first kappa shape index (κ1) is 22.1. The van der Waals surface area contributed by atoms with E-state index in [1.165, 1.54) is 0 Å². The Morgan fingerprint density at radius 1 is 1.04 bits per heavy atom. The zero-order chi connectivity index (χ0) is 20.9. The highest BCUT2D eigenvalue weighted by Crippen LogP contribution is 2.30. The van der Waals surface area contributed by atoms with Gasteiger partial charge in [0, 0.05) is 17.0 Å². The predicted octanol–water partition coefficient (Wildman–Crippen LogP) is 5.90. The minimum absolute atomic E-state index is 0.0366. The molecule has 150 valence electrons. The van der Waals surface area contributed by atoms with E-state index >= 15 is 0 Å². The number of carbonyl (C=O) groups is 2. The molecule has 2 aromatic carbocycles. The van der Waals surface area contributed by atoms with Gasteiger partial charge >= 0.3 is 5.97 Å². The van der Waals surface area contributed by atoms with E-state index in [0.29, 0.717) is 16.1 Å². The second kappa shape index (κ2) is 9.33. The molecule has 28 heavy (non-hydrogen) atoms. The molecule has 2 aromatic rings. The maximum atomic E-state index is 14.4. The summed E-state index contributed by atoms with van der Waals surface area (Å²) in [6.07, 6.45) is -2.15. The number of rotatable bonds is 7. The summed E-state index contributed by atoms with van der Waals surface area (Å²) in [5, 5.41) is 0.520. The average Bonchev–Trinajstić information content (AvgIpc) is 2.66. The van der Waals surface area contributed by atoms with E-state index in [2.05, 4.69) is 20.8 Å². The molecule has 0 fully saturated rings. The number of esters is 1. The summed E-state index contributed by atoms with van der Waals surface area (Å²) in [4.78, 5) is 24.9. The minimum Gasteiger partial charge on any atom is -0.464 e. The van der Waals surface area contributed by atoms with Crippen molar-refractivity contribution in [3.8, 4) is 0 Å². The number of benzene rings is 2. The molecular weight excluding hydrogens is 379 g/mol. The van der Waals surface area contributed by atoms with Crippen molar-refractivity contribution in [1.82, 2.24) is 0 Å². The number of ketones is 1. The van der Waals surface area contributed by atoms with Crippen molar-refractivity contribution in [2.24, 2.45) is 0 Å². The Balaban J connectivity index is 2.33. The highest BCUT2D eigenvalue weighted by Gasteiger charge is 2.30. The van der Waals surface area contributed by atoms with Gasteiger partial charge in [0.15, 0.2) is 12.0 Å². The maximum absolute atomic E-state index is 14.4. The molecule has 0 aliphatic carbocycles. The van der Waals surface area contributed by atoms with Gasteiger partial charge in [-0.05, 0) is 35.6 Å². The molecule has 0 heterocycles. The van der Waals surface area contributed by atoms with Crippen LogP contribution in [0.5, 0.6) is 0 Å². The second-order valence-corrected chi connectivity index (χ2v) is 8.19. The van der Waals surface area contributed by atoms with Gasteiger partial charge in [0.2, 0.25) is 0 Å². The molecule has 0 bridgehead atoms. The Hall–Kier alpha value is -2.20. The number of alkyl halides is 1. The number of ether oxygens (including phenoxy) is 1. The van der Waals surface area contributed by atoms with Crippen LogP contribution in [0, 0.1) is 0 Å². The number of hydrogen-bond donors (Lipinski definition) is 0. The van der Waals surface area contributed by atoms with Crippen molar-refractivity contribution in [3.63, 3.8) is 0 Å². The molecule has 2 atom stereocenters. The summed E-state index contributed by atoms with van der Waals surface area (Å²) in [6, 6.07) is 14.0. The van der Waals surface area contributed by atoms with E-state index in [-0.39, 0.29) is 24.2 Å². The number of hydrogen-bond acceptors (Lipinski definition) is 3. The molecule has 2 rings (SSSR count). The molecule has 2 unspecified atom stereocenters. The van der Waals surface area contributed by atoms with E-state index in [1.54, 1.807) is 43.3 Å². The fourth-order valence-electron chi connectivity index (χ4n) is 2.96. The van der Waals surface area contributed by atoms with Crippen LogP contribution in [0.4, 0.5) is 4.39 Å². The first-order valence-electron chi connectivity index (χ1n) is 9.34. The SMILES string of the molecule is CCOC(=O)C(F)CC(C(=O)c1ccc(C(C)(C)C)cc1)c1ccc(Cl)cc1. The van der Waals surface area contributed by atoms with Crippen molar-refractivity contribution in [1.29, 1.82) is 0 Å². The van der Waals surface area contributed by atoms with Crippen LogP contribution in [-0.2, 0) is 14.9 Å². The zero-order valence-electron chi connectivity index (χ0n) is 16.7. The van der Waals surface area contributed by atoms with E-state index in [1.807, 2.05) is 12.1 Å². The van der Waals surface area contributed by atoms with Crippen LogP contribution >= 0.6 is 11.6 Å². The Kier molecular flexibility index (Phi) is 7.36. The van der Waals surface area contributed by atoms with Gasteiger partial charge in [-0.2, -0.15) is 0 Å². The number of Topliss-reactive ketones (excluding diaryl/α,β-unsaturated/α-hetero) is 1. The lowest BCUT2D eigenvalue weighted by Crippen LogP contribution is -2.25. The van der Waals surface area contributed by atoms with Crippen LogP contribution in [-0.4, -0.2) is 24.5 Å². The summed E-state index contributed by atoms with van der Waals surface area (Å²) < 4.78 is 19.2. The lowest BCUT2D eigenvalue weighted by molar-refractivity contribution is -0.149. The summed E-state index contributed by atoms with van der Waals surface area (Å²) in [5.74, 6) is -2.00. The molecule has 0 aromatic heterocycles. The van der Waals surface area contributed by atoms with Gasteiger partial charge in [-0.25, -0.2) is 9.18 Å². The van der Waals surface area contributed by atoms with E-state index < -0.39 is 18.1 Å². The largest absolute Gasteiger partial charge is 0.464 e. The summed E-state index contributed by atoms with van der Waals surface area (Å²) >= 11 is 5.94. The molecule has 0 spiro atoms. The van der Waals surface area contributed by atoms with Gasteiger partial charge < -0.3 is 4.74 Å². The predicted molar refractivity (Wildman–Crippen MR) is 110 cm³/mol. The van der Waals surface area contributed by atoms with Crippen LogP contribution in [0.3, 0.4) is 0 Å². The number of halogens is 2. The van der Waals surface area contributed by atoms with Crippen molar-refractivity contribution in [2.75, 3.05) is 6.61 Å². The average molecular weight is 405 g/mol. The van der Waals surface area contributed by atoms with Gasteiger partial charge in [-0.1, -0.05) is 68.8 Å². The van der Waals surface area contributed by atoms with Crippen LogP contribution in [0.15, 0.2) is 48.5 Å². The van der Waals surface area contributed by atoms with E-state index in [4.69, 9.17) is 16.3 Å². The molecule has 0 aliphatic heterocycles. The Labute approximate surface area is 170 Å². The van der Waals surface area contributed by atoms with Gasteiger partial charge in [-0.15, -0.1) is 0 Å². The smallest absolute Gasteiger partial charge is 0.340 e. The fraction of sp³-hybridized carbons (Fsp3) is 0.391. The molecule has 3 nitrogen and oxygen atoms in total. The second-order valence-electron chi connectivity index (χ2n) is 7.75.